The van der Waals surface area contributed by atoms with Crippen molar-refractivity contribution in [3.8, 4) is 0 Å². The van der Waals surface area contributed by atoms with E-state index < -0.39 is 17.6 Å². The second-order valence-electron chi connectivity index (χ2n) is 4.41. The first-order valence-electron chi connectivity index (χ1n) is 5.87. The Hall–Kier alpha value is -1.92. The highest BCUT2D eigenvalue weighted by Crippen LogP contribution is 2.34. The minimum Gasteiger partial charge on any atom is -0.409 e. The van der Waals surface area contributed by atoms with Crippen molar-refractivity contribution in [3.63, 3.8) is 0 Å². The summed E-state index contributed by atoms with van der Waals surface area (Å²) in [5, 5.41) is 11.3. The Morgan fingerprint density at radius 1 is 1.26 bits per heavy atom. The molecular formula is C12H14F3N3O. The average molecular weight is 273 g/mol. The zero-order valence-corrected chi connectivity index (χ0v) is 10.1. The first-order chi connectivity index (χ1) is 8.93. The Morgan fingerprint density at radius 2 is 1.89 bits per heavy atom. The second kappa shape index (κ2) is 4.99. The van der Waals surface area contributed by atoms with Crippen LogP contribution in [0.25, 0.3) is 0 Å². The second-order valence-corrected chi connectivity index (χ2v) is 4.41. The first-order valence-corrected chi connectivity index (χ1v) is 5.87. The van der Waals surface area contributed by atoms with Gasteiger partial charge < -0.3 is 15.8 Å². The Labute approximate surface area is 108 Å². The standard InChI is InChI=1S/C12H14F3N3O/c13-12(14,15)10-4-3-8(18-5-1-2-6-18)7-9(10)11(16)17-19/h3-4,7,19H,1-2,5-6H2,(H2,16,17). The van der Waals surface area contributed by atoms with E-state index in [2.05, 4.69) is 5.16 Å². The van der Waals surface area contributed by atoms with Gasteiger partial charge in [-0.05, 0) is 31.0 Å². The Morgan fingerprint density at radius 3 is 2.42 bits per heavy atom. The summed E-state index contributed by atoms with van der Waals surface area (Å²) in [6.07, 6.45) is -2.51. The molecule has 0 radical (unpaired) electrons. The molecule has 7 heteroatoms. The summed E-state index contributed by atoms with van der Waals surface area (Å²) in [6, 6.07) is 3.71. The van der Waals surface area contributed by atoms with E-state index in [0.29, 0.717) is 5.69 Å². The predicted octanol–water partition coefficient (Wildman–Crippen LogP) is 2.40. The van der Waals surface area contributed by atoms with Crippen molar-refractivity contribution in [1.29, 1.82) is 0 Å². The van der Waals surface area contributed by atoms with Crippen molar-refractivity contribution < 1.29 is 18.4 Å². The summed E-state index contributed by atoms with van der Waals surface area (Å²) in [6.45, 7) is 1.61. The van der Waals surface area contributed by atoms with E-state index in [9.17, 15) is 13.2 Å². The molecule has 3 N–H and O–H groups in total. The fourth-order valence-corrected chi connectivity index (χ4v) is 2.22. The van der Waals surface area contributed by atoms with Crippen molar-refractivity contribution in [2.75, 3.05) is 18.0 Å². The molecule has 2 rings (SSSR count). The molecule has 0 aliphatic carbocycles. The minimum atomic E-state index is -4.53. The Bertz CT molecular complexity index is 493. The summed E-state index contributed by atoms with van der Waals surface area (Å²) >= 11 is 0. The Balaban J connectivity index is 2.47. The maximum Gasteiger partial charge on any atom is 0.417 e. The average Bonchev–Trinajstić information content (AvgIpc) is 2.90. The van der Waals surface area contributed by atoms with E-state index in [1.54, 1.807) is 0 Å². The van der Waals surface area contributed by atoms with Crippen LogP contribution in [0.5, 0.6) is 0 Å². The van der Waals surface area contributed by atoms with Gasteiger partial charge in [0.1, 0.15) is 0 Å². The van der Waals surface area contributed by atoms with Gasteiger partial charge in [-0.2, -0.15) is 13.2 Å². The molecule has 104 valence electrons. The van der Waals surface area contributed by atoms with E-state index in [1.807, 2.05) is 4.90 Å². The number of halogens is 3. The highest BCUT2D eigenvalue weighted by Gasteiger charge is 2.34. The SMILES string of the molecule is N/C(=N\O)c1cc(N2CCCC2)ccc1C(F)(F)F. The summed E-state index contributed by atoms with van der Waals surface area (Å²) in [5.74, 6) is -0.534. The van der Waals surface area contributed by atoms with Crippen LogP contribution in [0.1, 0.15) is 24.0 Å². The molecule has 0 saturated carbocycles. The fourth-order valence-electron chi connectivity index (χ4n) is 2.22. The molecule has 1 aromatic rings. The highest BCUT2D eigenvalue weighted by molar-refractivity contribution is 5.99. The van der Waals surface area contributed by atoms with E-state index in [0.717, 1.165) is 32.0 Å². The van der Waals surface area contributed by atoms with Gasteiger partial charge >= 0.3 is 6.18 Å². The van der Waals surface area contributed by atoms with Gasteiger partial charge in [0, 0.05) is 24.3 Å². The normalized spacial score (nSPS) is 17.0. The van der Waals surface area contributed by atoms with Crippen LogP contribution in [0, 0.1) is 0 Å². The summed E-state index contributed by atoms with van der Waals surface area (Å²) < 4.78 is 38.5. The monoisotopic (exact) mass is 273 g/mol. The summed E-state index contributed by atoms with van der Waals surface area (Å²) in [7, 11) is 0. The van der Waals surface area contributed by atoms with Crippen LogP contribution in [0.4, 0.5) is 18.9 Å². The molecule has 1 fully saturated rings. The molecular weight excluding hydrogens is 259 g/mol. The summed E-state index contributed by atoms with van der Waals surface area (Å²) in [5.41, 5.74) is 4.81. The third kappa shape index (κ3) is 2.74. The number of oxime groups is 1. The third-order valence-electron chi connectivity index (χ3n) is 3.16. The van der Waals surface area contributed by atoms with Crippen molar-refractivity contribution in [1.82, 2.24) is 0 Å². The largest absolute Gasteiger partial charge is 0.417 e. The van der Waals surface area contributed by atoms with Gasteiger partial charge in [-0.25, -0.2) is 0 Å². The maximum atomic E-state index is 12.8. The molecule has 1 heterocycles. The van der Waals surface area contributed by atoms with Gasteiger partial charge in [-0.3, -0.25) is 0 Å². The lowest BCUT2D eigenvalue weighted by molar-refractivity contribution is -0.137. The number of nitrogens with zero attached hydrogens (tertiary/aromatic N) is 2. The van der Waals surface area contributed by atoms with Gasteiger partial charge in [-0.1, -0.05) is 5.16 Å². The predicted molar refractivity (Wildman–Crippen MR) is 65.4 cm³/mol. The number of anilines is 1. The van der Waals surface area contributed by atoms with E-state index in [1.165, 1.54) is 12.1 Å². The molecule has 19 heavy (non-hydrogen) atoms. The molecule has 1 aliphatic rings. The molecule has 1 aromatic carbocycles. The van der Waals surface area contributed by atoms with Crippen LogP contribution in [-0.2, 0) is 6.18 Å². The van der Waals surface area contributed by atoms with E-state index >= 15 is 0 Å². The van der Waals surface area contributed by atoms with Crippen LogP contribution >= 0.6 is 0 Å². The smallest absolute Gasteiger partial charge is 0.409 e. The quantitative estimate of drug-likeness (QED) is 0.376. The Kier molecular flexibility index (Phi) is 3.55. The number of benzene rings is 1. The molecule has 4 nitrogen and oxygen atoms in total. The number of hydrogen-bond donors (Lipinski definition) is 2. The van der Waals surface area contributed by atoms with Crippen molar-refractivity contribution in [2.45, 2.75) is 19.0 Å². The zero-order valence-electron chi connectivity index (χ0n) is 10.1. The van der Waals surface area contributed by atoms with Crippen LogP contribution in [-0.4, -0.2) is 24.1 Å². The van der Waals surface area contributed by atoms with E-state index in [4.69, 9.17) is 10.9 Å². The lowest BCUT2D eigenvalue weighted by Gasteiger charge is -2.20. The summed E-state index contributed by atoms with van der Waals surface area (Å²) in [4.78, 5) is 1.98. The molecule has 1 saturated heterocycles. The van der Waals surface area contributed by atoms with E-state index in [-0.39, 0.29) is 5.56 Å². The minimum absolute atomic E-state index is 0.292. The number of nitrogens with two attached hydrogens (primary N) is 1. The molecule has 0 aromatic heterocycles. The lowest BCUT2D eigenvalue weighted by Crippen LogP contribution is -2.23. The van der Waals surface area contributed by atoms with Crippen LogP contribution in [0.15, 0.2) is 23.4 Å². The first kappa shape index (κ1) is 13.5. The van der Waals surface area contributed by atoms with Gasteiger partial charge in [-0.15, -0.1) is 0 Å². The topological polar surface area (TPSA) is 61.9 Å². The van der Waals surface area contributed by atoms with Gasteiger partial charge in [0.2, 0.25) is 0 Å². The molecule has 0 amide bonds. The number of hydrogen-bond acceptors (Lipinski definition) is 3. The third-order valence-corrected chi connectivity index (χ3v) is 3.16. The maximum absolute atomic E-state index is 12.8. The zero-order chi connectivity index (χ0) is 14.0. The molecule has 0 spiro atoms. The van der Waals surface area contributed by atoms with Crippen molar-refractivity contribution in [2.24, 2.45) is 10.9 Å². The fraction of sp³-hybridized carbons (Fsp3) is 0.417. The van der Waals surface area contributed by atoms with Crippen LogP contribution in [0.3, 0.4) is 0 Å². The van der Waals surface area contributed by atoms with Gasteiger partial charge in [0.15, 0.2) is 5.84 Å². The number of alkyl halides is 3. The molecule has 1 aliphatic heterocycles. The van der Waals surface area contributed by atoms with Crippen LogP contribution < -0.4 is 10.6 Å². The molecule has 0 unspecified atom stereocenters. The highest BCUT2D eigenvalue weighted by atomic mass is 19.4. The number of amidine groups is 1. The van der Waals surface area contributed by atoms with Gasteiger partial charge in [0.05, 0.1) is 5.56 Å². The van der Waals surface area contributed by atoms with Crippen molar-refractivity contribution >= 4 is 11.5 Å². The molecule has 0 atom stereocenters. The van der Waals surface area contributed by atoms with Crippen LogP contribution in [0.2, 0.25) is 0 Å². The number of rotatable bonds is 2. The molecule has 0 bridgehead atoms. The van der Waals surface area contributed by atoms with Crippen molar-refractivity contribution in [3.05, 3.63) is 29.3 Å². The lowest BCUT2D eigenvalue weighted by atomic mass is 10.0. The van der Waals surface area contributed by atoms with Gasteiger partial charge in [0.25, 0.3) is 0 Å².